The predicted octanol–water partition coefficient (Wildman–Crippen LogP) is 3.07. The Morgan fingerprint density at radius 1 is 1.19 bits per heavy atom. The molecule has 1 aliphatic carbocycles. The topological polar surface area (TPSA) is 49.0 Å². The first-order valence-corrected chi connectivity index (χ1v) is 8.05. The van der Waals surface area contributed by atoms with Crippen LogP contribution in [0, 0.1) is 5.92 Å². The molecule has 2 aliphatic rings. The molecule has 0 bridgehead atoms. The number of rotatable bonds is 2. The molecule has 0 spiro atoms. The number of nitrogens with one attached hydrogen (secondary N) is 1. The van der Waals surface area contributed by atoms with Gasteiger partial charge < -0.3 is 9.88 Å². The lowest BCUT2D eigenvalue weighted by Crippen LogP contribution is -2.44. The number of hydrogen-bond donors (Lipinski definition) is 1. The second-order valence-corrected chi connectivity index (χ2v) is 6.39. The van der Waals surface area contributed by atoms with Crippen LogP contribution in [0.25, 0.3) is 11.0 Å². The molecule has 1 saturated heterocycles. The molecule has 1 N–H and O–H groups in total. The number of likely N-dealkylation sites (tertiary alicyclic amines) is 1. The van der Waals surface area contributed by atoms with Gasteiger partial charge in [-0.1, -0.05) is 18.6 Å². The van der Waals surface area contributed by atoms with Crippen molar-refractivity contribution >= 4 is 16.9 Å². The van der Waals surface area contributed by atoms with Gasteiger partial charge >= 0.3 is 0 Å². The Kier molecular flexibility index (Phi) is 3.17. The lowest BCUT2D eigenvalue weighted by Gasteiger charge is -2.36. The Morgan fingerprint density at radius 2 is 2.05 bits per heavy atom. The number of hydrogen-bond acceptors (Lipinski definition) is 2. The second-order valence-electron chi connectivity index (χ2n) is 6.39. The van der Waals surface area contributed by atoms with Crippen molar-refractivity contribution in [3.8, 4) is 0 Å². The molecule has 2 fully saturated rings. The van der Waals surface area contributed by atoms with Crippen LogP contribution in [0.3, 0.4) is 0 Å². The van der Waals surface area contributed by atoms with Gasteiger partial charge in [0.25, 0.3) is 0 Å². The third-order valence-electron chi connectivity index (χ3n) is 4.98. The predicted molar refractivity (Wildman–Crippen MR) is 82.0 cm³/mol. The summed E-state index contributed by atoms with van der Waals surface area (Å²) in [4.78, 5) is 22.6. The normalized spacial score (nSPS) is 23.2. The van der Waals surface area contributed by atoms with Crippen molar-refractivity contribution in [2.24, 2.45) is 5.92 Å². The van der Waals surface area contributed by atoms with Gasteiger partial charge in [-0.05, 0) is 37.8 Å². The van der Waals surface area contributed by atoms with Gasteiger partial charge in [-0.2, -0.15) is 0 Å². The number of para-hydroxylation sites is 2. The molecule has 4 rings (SSSR count). The van der Waals surface area contributed by atoms with E-state index >= 15 is 0 Å². The fourth-order valence-corrected chi connectivity index (χ4v) is 3.48. The van der Waals surface area contributed by atoms with E-state index in [1.165, 1.54) is 6.42 Å². The van der Waals surface area contributed by atoms with Crippen molar-refractivity contribution in [3.63, 3.8) is 0 Å². The van der Waals surface area contributed by atoms with Crippen LogP contribution in [0.4, 0.5) is 0 Å². The van der Waals surface area contributed by atoms with Crippen LogP contribution in [-0.2, 0) is 4.79 Å². The lowest BCUT2D eigenvalue weighted by atomic mass is 9.83. The van der Waals surface area contributed by atoms with Gasteiger partial charge in [-0.15, -0.1) is 0 Å². The van der Waals surface area contributed by atoms with Crippen LogP contribution < -0.4 is 0 Å². The van der Waals surface area contributed by atoms with Gasteiger partial charge in [-0.25, -0.2) is 4.98 Å². The SMILES string of the molecule is O=C(C1CCC1)N1CCC[C@H](c2nc3ccccc3[nH]2)C1. The van der Waals surface area contributed by atoms with Crippen molar-refractivity contribution in [1.82, 2.24) is 14.9 Å². The molecule has 1 saturated carbocycles. The van der Waals surface area contributed by atoms with E-state index in [4.69, 9.17) is 4.98 Å². The maximum absolute atomic E-state index is 12.4. The van der Waals surface area contributed by atoms with Crippen LogP contribution >= 0.6 is 0 Å². The fraction of sp³-hybridized carbons (Fsp3) is 0.529. The van der Waals surface area contributed by atoms with Gasteiger partial charge in [0, 0.05) is 24.9 Å². The van der Waals surface area contributed by atoms with Crippen LogP contribution in [0.15, 0.2) is 24.3 Å². The molecule has 1 aliphatic heterocycles. The summed E-state index contributed by atoms with van der Waals surface area (Å²) < 4.78 is 0. The minimum absolute atomic E-state index is 0.305. The summed E-state index contributed by atoms with van der Waals surface area (Å²) in [5.74, 6) is 2.08. The molecule has 1 atom stereocenters. The van der Waals surface area contributed by atoms with E-state index in [1.54, 1.807) is 0 Å². The number of benzene rings is 1. The quantitative estimate of drug-likeness (QED) is 0.920. The van der Waals surface area contributed by atoms with E-state index in [0.717, 1.165) is 55.6 Å². The smallest absolute Gasteiger partial charge is 0.225 e. The molecule has 1 aromatic carbocycles. The molecule has 2 heterocycles. The lowest BCUT2D eigenvalue weighted by molar-refractivity contribution is -0.139. The number of piperidine rings is 1. The van der Waals surface area contributed by atoms with E-state index in [9.17, 15) is 4.79 Å². The molecule has 4 nitrogen and oxygen atoms in total. The highest BCUT2D eigenvalue weighted by atomic mass is 16.2. The van der Waals surface area contributed by atoms with Crippen LogP contribution in [-0.4, -0.2) is 33.9 Å². The summed E-state index contributed by atoms with van der Waals surface area (Å²) >= 11 is 0. The fourth-order valence-electron chi connectivity index (χ4n) is 3.48. The summed E-state index contributed by atoms with van der Waals surface area (Å²) in [5.41, 5.74) is 2.12. The Labute approximate surface area is 124 Å². The van der Waals surface area contributed by atoms with Gasteiger partial charge in [0.1, 0.15) is 5.82 Å². The van der Waals surface area contributed by atoms with Gasteiger partial charge in [-0.3, -0.25) is 4.79 Å². The third-order valence-corrected chi connectivity index (χ3v) is 4.98. The minimum atomic E-state index is 0.305. The first-order valence-electron chi connectivity index (χ1n) is 8.05. The number of carbonyl (C=O) groups excluding carboxylic acids is 1. The van der Waals surface area contributed by atoms with E-state index in [0.29, 0.717) is 17.7 Å². The zero-order valence-electron chi connectivity index (χ0n) is 12.2. The Hall–Kier alpha value is -1.84. The summed E-state index contributed by atoms with van der Waals surface area (Å²) in [5, 5.41) is 0. The number of aromatic nitrogens is 2. The molecule has 1 aromatic heterocycles. The van der Waals surface area contributed by atoms with E-state index in [-0.39, 0.29) is 0 Å². The highest BCUT2D eigenvalue weighted by Crippen LogP contribution is 2.32. The standard InChI is InChI=1S/C17H21N3O/c21-17(12-5-3-6-12)20-10-4-7-13(11-20)16-18-14-8-1-2-9-15(14)19-16/h1-2,8-9,12-13H,3-7,10-11H2,(H,18,19)/t13-/m0/s1. The van der Waals surface area contributed by atoms with Gasteiger partial charge in [0.15, 0.2) is 0 Å². The zero-order chi connectivity index (χ0) is 14.2. The molecule has 21 heavy (non-hydrogen) atoms. The first-order chi connectivity index (χ1) is 10.3. The molecule has 2 aromatic rings. The van der Waals surface area contributed by atoms with E-state index < -0.39 is 0 Å². The van der Waals surface area contributed by atoms with Gasteiger partial charge in [0.05, 0.1) is 11.0 Å². The van der Waals surface area contributed by atoms with Crippen LogP contribution in [0.2, 0.25) is 0 Å². The van der Waals surface area contributed by atoms with Crippen molar-refractivity contribution in [3.05, 3.63) is 30.1 Å². The average molecular weight is 283 g/mol. The molecule has 4 heteroatoms. The van der Waals surface area contributed by atoms with Crippen molar-refractivity contribution in [2.75, 3.05) is 13.1 Å². The Balaban J connectivity index is 1.53. The number of fused-ring (bicyclic) bond motifs is 1. The maximum atomic E-state index is 12.4. The number of H-pyrrole nitrogens is 1. The number of aromatic amines is 1. The summed E-state index contributed by atoms with van der Waals surface area (Å²) in [6, 6.07) is 8.14. The zero-order valence-corrected chi connectivity index (χ0v) is 12.2. The highest BCUT2D eigenvalue weighted by molar-refractivity contribution is 5.80. The molecule has 1 amide bonds. The second kappa shape index (κ2) is 5.17. The molecule has 0 radical (unpaired) electrons. The number of nitrogens with zero attached hydrogens (tertiary/aromatic N) is 2. The van der Waals surface area contributed by atoms with Crippen molar-refractivity contribution in [2.45, 2.75) is 38.0 Å². The summed E-state index contributed by atoms with van der Waals surface area (Å²) in [6.07, 6.45) is 5.60. The number of carbonyl (C=O) groups is 1. The average Bonchev–Trinajstić information content (AvgIpc) is 2.89. The number of imidazole rings is 1. The summed E-state index contributed by atoms with van der Waals surface area (Å²) in [6.45, 7) is 1.75. The largest absolute Gasteiger partial charge is 0.342 e. The molecular formula is C17H21N3O. The number of amides is 1. The highest BCUT2D eigenvalue weighted by Gasteiger charge is 2.33. The Bertz CT molecular complexity index is 626. The van der Waals surface area contributed by atoms with Crippen LogP contribution in [0.1, 0.15) is 43.8 Å². The molecular weight excluding hydrogens is 262 g/mol. The molecule has 0 unspecified atom stereocenters. The molecule has 110 valence electrons. The monoisotopic (exact) mass is 283 g/mol. The van der Waals surface area contributed by atoms with Crippen molar-refractivity contribution in [1.29, 1.82) is 0 Å². The van der Waals surface area contributed by atoms with E-state index in [1.807, 2.05) is 18.2 Å². The van der Waals surface area contributed by atoms with Crippen LogP contribution in [0.5, 0.6) is 0 Å². The minimum Gasteiger partial charge on any atom is -0.342 e. The van der Waals surface area contributed by atoms with Crippen molar-refractivity contribution < 1.29 is 4.79 Å². The Morgan fingerprint density at radius 3 is 2.81 bits per heavy atom. The maximum Gasteiger partial charge on any atom is 0.225 e. The van der Waals surface area contributed by atoms with E-state index in [2.05, 4.69) is 16.0 Å². The third kappa shape index (κ3) is 2.33. The first kappa shape index (κ1) is 12.9. The summed E-state index contributed by atoms with van der Waals surface area (Å²) in [7, 11) is 0. The van der Waals surface area contributed by atoms with Gasteiger partial charge in [0.2, 0.25) is 5.91 Å².